The van der Waals surface area contributed by atoms with E-state index >= 15 is 0 Å². The van der Waals surface area contributed by atoms with Crippen molar-refractivity contribution in [3.63, 3.8) is 0 Å². The standard InChI is InChI=1S/C28H20F4N2O4S/c1-16-15-34(9-8-27(35)33-39(36,37)26-14-23(31)22(30)13-24(26)32)28-21(16)11-19(29)12-25(28)38-20-7-6-17-4-2-3-5-18(17)10-20/h2-7,10-15H,8-9H2,1H3,(H,33,35). The number of nitrogens with zero attached hydrogens (tertiary/aromatic N) is 1. The summed E-state index contributed by atoms with van der Waals surface area (Å²) in [5.74, 6) is -5.59. The van der Waals surface area contributed by atoms with E-state index in [1.807, 2.05) is 36.4 Å². The minimum absolute atomic E-state index is 0.0499. The van der Waals surface area contributed by atoms with Gasteiger partial charge in [0.15, 0.2) is 17.4 Å². The highest BCUT2D eigenvalue weighted by atomic mass is 32.2. The highest BCUT2D eigenvalue weighted by Gasteiger charge is 2.24. The van der Waals surface area contributed by atoms with Crippen LogP contribution in [-0.4, -0.2) is 18.9 Å². The van der Waals surface area contributed by atoms with Gasteiger partial charge >= 0.3 is 0 Å². The van der Waals surface area contributed by atoms with Crippen LogP contribution in [0.15, 0.2) is 77.8 Å². The lowest BCUT2D eigenvalue weighted by molar-refractivity contribution is -0.119. The summed E-state index contributed by atoms with van der Waals surface area (Å²) in [5.41, 5.74) is 1.16. The molecule has 1 amide bonds. The van der Waals surface area contributed by atoms with Crippen molar-refractivity contribution in [2.24, 2.45) is 0 Å². The minimum Gasteiger partial charge on any atom is -0.455 e. The Morgan fingerprint density at radius 1 is 0.897 bits per heavy atom. The molecule has 1 N–H and O–H groups in total. The van der Waals surface area contributed by atoms with Gasteiger partial charge in [0.05, 0.1) is 5.52 Å². The average molecular weight is 557 g/mol. The van der Waals surface area contributed by atoms with Crippen LogP contribution in [0.3, 0.4) is 0 Å². The maximum atomic E-state index is 14.5. The molecular formula is C28H20F4N2O4S. The summed E-state index contributed by atoms with van der Waals surface area (Å²) in [5, 5.41) is 2.45. The molecule has 0 bridgehead atoms. The topological polar surface area (TPSA) is 77.4 Å². The minimum atomic E-state index is -4.81. The zero-order chi connectivity index (χ0) is 27.9. The van der Waals surface area contributed by atoms with Crippen molar-refractivity contribution in [2.75, 3.05) is 0 Å². The molecule has 0 aliphatic rings. The number of carbonyl (C=O) groups is 1. The summed E-state index contributed by atoms with van der Waals surface area (Å²) >= 11 is 0. The lowest BCUT2D eigenvalue weighted by atomic mass is 10.1. The number of aromatic nitrogens is 1. The van der Waals surface area contributed by atoms with E-state index in [9.17, 15) is 30.8 Å². The number of carbonyl (C=O) groups excluding carboxylic acids is 1. The normalized spacial score (nSPS) is 11.7. The number of nitrogens with one attached hydrogen (secondary N) is 1. The third kappa shape index (κ3) is 5.30. The van der Waals surface area contributed by atoms with Crippen LogP contribution in [0.2, 0.25) is 0 Å². The summed E-state index contributed by atoms with van der Waals surface area (Å²) < 4.78 is 89.3. The van der Waals surface area contributed by atoms with Gasteiger partial charge in [-0.25, -0.2) is 30.7 Å². The molecule has 11 heteroatoms. The zero-order valence-electron chi connectivity index (χ0n) is 20.3. The fourth-order valence-electron chi connectivity index (χ4n) is 4.34. The molecule has 5 rings (SSSR count). The highest BCUT2D eigenvalue weighted by Crippen LogP contribution is 2.35. The van der Waals surface area contributed by atoms with Gasteiger partial charge < -0.3 is 9.30 Å². The van der Waals surface area contributed by atoms with Gasteiger partial charge in [0, 0.05) is 42.7 Å². The van der Waals surface area contributed by atoms with Crippen molar-refractivity contribution in [3.05, 3.63) is 102 Å². The van der Waals surface area contributed by atoms with Crippen LogP contribution < -0.4 is 9.46 Å². The van der Waals surface area contributed by atoms with Crippen LogP contribution in [-0.2, 0) is 21.4 Å². The Kier molecular flexibility index (Phi) is 6.77. The quantitative estimate of drug-likeness (QED) is 0.187. The van der Waals surface area contributed by atoms with E-state index in [1.165, 1.54) is 12.1 Å². The van der Waals surface area contributed by atoms with Crippen molar-refractivity contribution < 1.29 is 35.5 Å². The molecule has 0 aliphatic heterocycles. The predicted octanol–water partition coefficient (Wildman–Crippen LogP) is 6.35. The Bertz CT molecular complexity index is 1870. The third-order valence-electron chi connectivity index (χ3n) is 6.14. The smallest absolute Gasteiger partial charge is 0.267 e. The Morgan fingerprint density at radius 2 is 1.62 bits per heavy atom. The number of aryl methyl sites for hydroxylation is 2. The summed E-state index contributed by atoms with van der Waals surface area (Å²) in [6, 6.07) is 15.8. The van der Waals surface area contributed by atoms with E-state index in [-0.39, 0.29) is 30.8 Å². The second-order valence-electron chi connectivity index (χ2n) is 8.89. The SMILES string of the molecule is Cc1cn(CCC(=O)NS(=O)(=O)c2cc(F)c(F)cc2F)c2c(Oc3ccc4ccccc4c3)cc(F)cc12. The van der Waals surface area contributed by atoms with E-state index in [2.05, 4.69) is 0 Å². The van der Waals surface area contributed by atoms with Gasteiger partial charge in [0.1, 0.15) is 22.3 Å². The number of benzene rings is 4. The molecule has 0 saturated heterocycles. The lowest BCUT2D eigenvalue weighted by Gasteiger charge is -2.13. The van der Waals surface area contributed by atoms with E-state index in [4.69, 9.17) is 4.74 Å². The fraction of sp³-hybridized carbons (Fsp3) is 0.107. The molecule has 1 heterocycles. The predicted molar refractivity (Wildman–Crippen MR) is 137 cm³/mol. The van der Waals surface area contributed by atoms with E-state index < -0.39 is 44.1 Å². The molecule has 6 nitrogen and oxygen atoms in total. The van der Waals surface area contributed by atoms with Crippen LogP contribution in [0, 0.1) is 30.2 Å². The molecule has 0 spiro atoms. The number of ether oxygens (including phenoxy) is 1. The molecule has 0 saturated carbocycles. The van der Waals surface area contributed by atoms with Crippen LogP contribution in [0.1, 0.15) is 12.0 Å². The van der Waals surface area contributed by atoms with E-state index in [1.54, 1.807) is 28.5 Å². The number of hydrogen-bond acceptors (Lipinski definition) is 4. The molecule has 39 heavy (non-hydrogen) atoms. The highest BCUT2D eigenvalue weighted by molar-refractivity contribution is 7.90. The molecule has 1 aromatic heterocycles. The largest absolute Gasteiger partial charge is 0.455 e. The Balaban J connectivity index is 1.40. The zero-order valence-corrected chi connectivity index (χ0v) is 21.2. The molecule has 0 radical (unpaired) electrons. The first-order chi connectivity index (χ1) is 18.5. The summed E-state index contributed by atoms with van der Waals surface area (Å²) in [6.07, 6.45) is 1.27. The maximum Gasteiger partial charge on any atom is 0.267 e. The number of sulfonamides is 1. The Labute approximate surface area is 220 Å². The molecule has 0 aliphatic carbocycles. The van der Waals surface area contributed by atoms with Crippen molar-refractivity contribution >= 4 is 37.6 Å². The summed E-state index contributed by atoms with van der Waals surface area (Å²) in [7, 11) is -4.81. The van der Waals surface area contributed by atoms with Crippen LogP contribution >= 0.6 is 0 Å². The van der Waals surface area contributed by atoms with Gasteiger partial charge in [0.2, 0.25) is 5.91 Å². The number of hydrogen-bond donors (Lipinski definition) is 1. The molecule has 4 aromatic carbocycles. The van der Waals surface area contributed by atoms with Gasteiger partial charge in [0.25, 0.3) is 10.0 Å². The van der Waals surface area contributed by atoms with Crippen molar-refractivity contribution in [2.45, 2.75) is 24.8 Å². The second kappa shape index (κ2) is 10.1. The van der Waals surface area contributed by atoms with Crippen LogP contribution in [0.25, 0.3) is 21.7 Å². The molecular weight excluding hydrogens is 536 g/mol. The van der Waals surface area contributed by atoms with Crippen molar-refractivity contribution in [1.82, 2.24) is 9.29 Å². The lowest BCUT2D eigenvalue weighted by Crippen LogP contribution is -2.32. The van der Waals surface area contributed by atoms with Gasteiger partial charge in [-0.2, -0.15) is 0 Å². The monoisotopic (exact) mass is 556 g/mol. The number of halogens is 4. The van der Waals surface area contributed by atoms with Gasteiger partial charge in [-0.1, -0.05) is 30.3 Å². The number of fused-ring (bicyclic) bond motifs is 2. The second-order valence-corrected chi connectivity index (χ2v) is 10.5. The first-order valence-corrected chi connectivity index (χ1v) is 13.2. The third-order valence-corrected chi connectivity index (χ3v) is 7.53. The molecule has 0 atom stereocenters. The van der Waals surface area contributed by atoms with E-state index in [0.29, 0.717) is 22.2 Å². The number of amides is 1. The maximum absolute atomic E-state index is 14.5. The Morgan fingerprint density at radius 3 is 2.38 bits per heavy atom. The van der Waals surface area contributed by atoms with Gasteiger partial charge in [-0.15, -0.1) is 0 Å². The molecule has 200 valence electrons. The first kappa shape index (κ1) is 26.2. The fourth-order valence-corrected chi connectivity index (χ4v) is 5.43. The van der Waals surface area contributed by atoms with Crippen molar-refractivity contribution in [1.29, 1.82) is 0 Å². The van der Waals surface area contributed by atoms with Gasteiger partial charge in [-0.3, -0.25) is 4.79 Å². The first-order valence-electron chi connectivity index (χ1n) is 11.7. The number of rotatable bonds is 7. The Hall–Kier alpha value is -4.38. The summed E-state index contributed by atoms with van der Waals surface area (Å²) in [4.78, 5) is 11.3. The van der Waals surface area contributed by atoms with Crippen LogP contribution in [0.4, 0.5) is 17.6 Å². The molecule has 0 fully saturated rings. The van der Waals surface area contributed by atoms with Gasteiger partial charge in [-0.05, 0) is 41.5 Å². The molecule has 5 aromatic rings. The van der Waals surface area contributed by atoms with E-state index in [0.717, 1.165) is 10.8 Å². The molecule has 0 unspecified atom stereocenters. The van der Waals surface area contributed by atoms with Crippen LogP contribution in [0.5, 0.6) is 11.5 Å². The average Bonchev–Trinajstić information content (AvgIpc) is 3.19. The van der Waals surface area contributed by atoms with Crippen molar-refractivity contribution in [3.8, 4) is 11.5 Å². The summed E-state index contributed by atoms with van der Waals surface area (Å²) in [6.45, 7) is 1.69.